The number of benzene rings is 4. The maximum Gasteiger partial charge on any atom is 0.266 e. The van der Waals surface area contributed by atoms with Gasteiger partial charge in [-0.05, 0) is 111 Å². The van der Waals surface area contributed by atoms with Gasteiger partial charge in [0, 0.05) is 45.9 Å². The van der Waals surface area contributed by atoms with Gasteiger partial charge < -0.3 is 19.5 Å². The number of ether oxygens (including phenoxy) is 3. The van der Waals surface area contributed by atoms with Crippen molar-refractivity contribution >= 4 is 56.4 Å². The first-order chi connectivity index (χ1) is 33.5. The van der Waals surface area contributed by atoms with E-state index in [4.69, 9.17) is 14.2 Å². The molecule has 3 atom stereocenters. The number of carbonyl (C=O) groups is 6. The zero-order chi connectivity index (χ0) is 50.0. The van der Waals surface area contributed by atoms with Crippen LogP contribution in [0.3, 0.4) is 0 Å². The summed E-state index contributed by atoms with van der Waals surface area (Å²) in [6.45, 7) is 5.60. The third-order valence-corrected chi connectivity index (χ3v) is 15.1. The first kappa shape index (κ1) is 49.4. The number of hydrogen-bond donors (Lipinski definition) is 1. The molecular formula is C51H57N7O11S. The number of Topliss-reactive ketones (excluding diaryl/α,β-unsaturated/α-hetero) is 1. The summed E-state index contributed by atoms with van der Waals surface area (Å²) in [5, 5.41) is 11.3. The number of rotatable bonds is 18. The number of piperidine rings is 1. The molecule has 0 aliphatic carbocycles. The molecule has 18 nitrogen and oxygen atoms in total. The molecule has 368 valence electrons. The molecule has 8 rings (SSSR count). The van der Waals surface area contributed by atoms with Gasteiger partial charge in [-0.3, -0.25) is 38.6 Å². The molecule has 5 aromatic rings. The molecule has 5 amide bonds. The third kappa shape index (κ3) is 10.0. The van der Waals surface area contributed by atoms with E-state index in [0.29, 0.717) is 36.4 Å². The number of aromatic nitrogens is 3. The molecule has 1 unspecified atom stereocenters. The maximum absolute atomic E-state index is 14.4. The number of carbonyl (C=O) groups excluding carboxylic acids is 6. The molecule has 1 aromatic heterocycles. The molecule has 3 aliphatic rings. The summed E-state index contributed by atoms with van der Waals surface area (Å²) in [5.74, 6) is -2.15. The second kappa shape index (κ2) is 20.5. The van der Waals surface area contributed by atoms with Gasteiger partial charge in [0.15, 0.2) is 6.61 Å². The number of fused-ring (bicyclic) bond motifs is 3. The molecule has 0 spiro atoms. The summed E-state index contributed by atoms with van der Waals surface area (Å²) in [6.07, 6.45) is 3.75. The van der Waals surface area contributed by atoms with Crippen LogP contribution in [-0.2, 0) is 49.2 Å². The van der Waals surface area contributed by atoms with E-state index in [0.717, 1.165) is 62.4 Å². The first-order valence-corrected chi connectivity index (χ1v) is 24.9. The zero-order valence-electron chi connectivity index (χ0n) is 40.2. The lowest BCUT2D eigenvalue weighted by Crippen LogP contribution is -2.54. The van der Waals surface area contributed by atoms with Crippen LogP contribution < -0.4 is 19.5 Å². The lowest BCUT2D eigenvalue weighted by atomic mass is 9.85. The largest absolute Gasteiger partial charge is 0.494 e. The monoisotopic (exact) mass is 975 g/mol. The topological polar surface area (TPSA) is 217 Å². The number of likely N-dealkylation sites (tertiary alicyclic amines) is 1. The quantitative estimate of drug-likeness (QED) is 0.0860. The average Bonchev–Trinajstić information content (AvgIpc) is 3.80. The summed E-state index contributed by atoms with van der Waals surface area (Å²) in [5.41, 5.74) is 5.80. The van der Waals surface area contributed by atoms with E-state index in [1.54, 1.807) is 31.8 Å². The van der Waals surface area contributed by atoms with Crippen molar-refractivity contribution in [1.29, 1.82) is 0 Å². The second-order valence-electron chi connectivity index (χ2n) is 18.3. The number of aryl methyl sites for hydroxylation is 3. The van der Waals surface area contributed by atoms with Gasteiger partial charge in [-0.1, -0.05) is 48.4 Å². The standard InChI is InChI=1S/C51H57N7O11S/c1-30-15-17-34(38(22-31(2)59)35-25-39-48(43(26-35)67-6)56(5)54-53-39)24-36(30)28-57-27-32(3)69-42-23-33(16-19-44(42)70(57,65)66)12-9-7-8-10-21-52-45(60)29-68-41-14-11-13-37-47(41)51(64)58(49(37)62)40-18-20-46(61)55(4)50(40)63/h11,13-17,19,23-26,32,38,40H,7-10,12,18,20-22,27-29H2,1-6H3,(H,52,60)/t32-,38+,40?/m1/s1. The van der Waals surface area contributed by atoms with Gasteiger partial charge in [0.2, 0.25) is 15.9 Å². The van der Waals surface area contributed by atoms with E-state index in [1.165, 1.54) is 29.6 Å². The Kier molecular flexibility index (Phi) is 14.5. The fourth-order valence-electron chi connectivity index (χ4n) is 9.50. The number of hydrogen-bond acceptors (Lipinski definition) is 13. The van der Waals surface area contributed by atoms with E-state index in [-0.39, 0.29) is 78.3 Å². The van der Waals surface area contributed by atoms with Crippen molar-refractivity contribution in [2.75, 3.05) is 33.9 Å². The summed E-state index contributed by atoms with van der Waals surface area (Å²) in [6, 6.07) is 18.4. The highest BCUT2D eigenvalue weighted by Crippen LogP contribution is 2.38. The highest BCUT2D eigenvalue weighted by molar-refractivity contribution is 7.89. The highest BCUT2D eigenvalue weighted by atomic mass is 32.2. The van der Waals surface area contributed by atoms with Crippen molar-refractivity contribution < 1.29 is 51.4 Å². The van der Waals surface area contributed by atoms with Crippen LogP contribution in [0.1, 0.15) is 113 Å². The fourth-order valence-corrected chi connectivity index (χ4v) is 11.1. The lowest BCUT2D eigenvalue weighted by Gasteiger charge is -2.32. The predicted molar refractivity (Wildman–Crippen MR) is 256 cm³/mol. The van der Waals surface area contributed by atoms with Crippen molar-refractivity contribution in [1.82, 2.24) is 34.4 Å². The molecule has 19 heteroatoms. The molecule has 0 saturated carbocycles. The molecule has 1 fully saturated rings. The molecule has 4 aromatic carbocycles. The number of sulfonamides is 1. The Balaban J connectivity index is 0.830. The Morgan fingerprint density at radius 3 is 2.49 bits per heavy atom. The predicted octanol–water partition coefficient (Wildman–Crippen LogP) is 5.41. The number of nitrogens with zero attached hydrogens (tertiary/aromatic N) is 6. The van der Waals surface area contributed by atoms with E-state index in [1.807, 2.05) is 56.3 Å². The molecule has 4 heterocycles. The van der Waals surface area contributed by atoms with Gasteiger partial charge in [-0.15, -0.1) is 5.10 Å². The summed E-state index contributed by atoms with van der Waals surface area (Å²) < 4.78 is 49.5. The number of amides is 5. The molecule has 1 N–H and O–H groups in total. The van der Waals surface area contributed by atoms with Crippen LogP contribution >= 0.6 is 0 Å². The Hall–Kier alpha value is -6.99. The van der Waals surface area contributed by atoms with Gasteiger partial charge >= 0.3 is 0 Å². The molecule has 3 aliphatic heterocycles. The van der Waals surface area contributed by atoms with Crippen LogP contribution in [0.15, 0.2) is 71.6 Å². The van der Waals surface area contributed by atoms with Gasteiger partial charge in [0.1, 0.15) is 51.1 Å². The number of ketones is 1. The smallest absolute Gasteiger partial charge is 0.266 e. The van der Waals surface area contributed by atoms with Crippen LogP contribution in [0.2, 0.25) is 0 Å². The fraction of sp³-hybridized carbons (Fsp3) is 0.412. The van der Waals surface area contributed by atoms with Crippen molar-refractivity contribution in [3.05, 3.63) is 106 Å². The normalized spacial score (nSPS) is 18.3. The van der Waals surface area contributed by atoms with E-state index >= 15 is 0 Å². The Labute approximate surface area is 406 Å². The van der Waals surface area contributed by atoms with Crippen molar-refractivity contribution in [2.24, 2.45) is 7.05 Å². The number of unbranched alkanes of at least 4 members (excludes halogenated alkanes) is 3. The number of likely N-dealkylation sites (N-methyl/N-ethyl adjacent to an activating group) is 1. The SMILES string of the molecule is COc1cc([C@@H](CC(C)=O)c2ccc(C)c(CN3C[C@@H](C)Oc4cc(CCCCCCNC(=O)COc5cccc6c5C(=O)N(C5CCC(=O)N(C)C5=O)C6=O)ccc4S3(=O)=O)c2)cc2nnn(C)c12. The third-order valence-electron chi connectivity index (χ3n) is 13.3. The summed E-state index contributed by atoms with van der Waals surface area (Å²) in [7, 11) is 0.716. The average molecular weight is 976 g/mol. The zero-order valence-corrected chi connectivity index (χ0v) is 41.0. The summed E-state index contributed by atoms with van der Waals surface area (Å²) in [4.78, 5) is 78.7. The van der Waals surface area contributed by atoms with Crippen LogP contribution in [0, 0.1) is 6.92 Å². The minimum Gasteiger partial charge on any atom is -0.494 e. The highest BCUT2D eigenvalue weighted by Gasteiger charge is 2.47. The Morgan fingerprint density at radius 2 is 1.71 bits per heavy atom. The van der Waals surface area contributed by atoms with Gasteiger partial charge in [-0.25, -0.2) is 13.1 Å². The van der Waals surface area contributed by atoms with Crippen LogP contribution in [0.25, 0.3) is 11.0 Å². The minimum absolute atomic E-state index is 0.00227. The van der Waals surface area contributed by atoms with E-state index in [9.17, 15) is 37.2 Å². The first-order valence-electron chi connectivity index (χ1n) is 23.4. The summed E-state index contributed by atoms with van der Waals surface area (Å²) >= 11 is 0. The van der Waals surface area contributed by atoms with Crippen molar-refractivity contribution in [3.63, 3.8) is 0 Å². The van der Waals surface area contributed by atoms with Crippen LogP contribution in [-0.4, -0.2) is 119 Å². The van der Waals surface area contributed by atoms with Crippen molar-refractivity contribution in [2.45, 2.75) is 102 Å². The molecule has 1 saturated heterocycles. The Bertz CT molecular complexity index is 3020. The Morgan fingerprint density at radius 1 is 0.929 bits per heavy atom. The van der Waals surface area contributed by atoms with E-state index < -0.39 is 45.8 Å². The number of imide groups is 2. The maximum atomic E-state index is 14.4. The van der Waals surface area contributed by atoms with Gasteiger partial charge in [0.05, 0.1) is 24.8 Å². The van der Waals surface area contributed by atoms with Crippen LogP contribution in [0.4, 0.5) is 0 Å². The minimum atomic E-state index is -3.98. The van der Waals surface area contributed by atoms with E-state index in [2.05, 4.69) is 15.6 Å². The van der Waals surface area contributed by atoms with Gasteiger partial charge in [0.25, 0.3) is 23.6 Å². The molecular weight excluding hydrogens is 919 g/mol. The lowest BCUT2D eigenvalue weighted by molar-refractivity contribution is -0.149. The molecule has 70 heavy (non-hydrogen) atoms. The van der Waals surface area contributed by atoms with Crippen LogP contribution in [0.5, 0.6) is 17.2 Å². The van der Waals surface area contributed by atoms with Crippen molar-refractivity contribution in [3.8, 4) is 17.2 Å². The van der Waals surface area contributed by atoms with Gasteiger partial charge in [-0.2, -0.15) is 4.31 Å². The number of methoxy groups -OCH3 is 1. The second-order valence-corrected chi connectivity index (χ2v) is 20.2. The number of nitrogens with one attached hydrogen (secondary N) is 1. The molecule has 0 radical (unpaired) electrons. The molecule has 0 bridgehead atoms.